The lowest BCUT2D eigenvalue weighted by atomic mass is 10.4. The molecule has 0 aliphatic carbocycles. The summed E-state index contributed by atoms with van der Waals surface area (Å²) in [7, 11) is -8.83. The molecule has 4 rings (SSSR count). The highest BCUT2D eigenvalue weighted by Gasteiger charge is 2.51. The van der Waals surface area contributed by atoms with E-state index in [9.17, 15) is 0 Å². The third-order valence-electron chi connectivity index (χ3n) is 6.73. The molecule has 0 radical (unpaired) electrons. The van der Waals surface area contributed by atoms with Gasteiger partial charge in [-0.25, -0.2) is 0 Å². The van der Waals surface area contributed by atoms with Crippen molar-refractivity contribution in [1.29, 1.82) is 0 Å². The van der Waals surface area contributed by atoms with E-state index in [-0.39, 0.29) is 0 Å². The van der Waals surface area contributed by atoms with Crippen molar-refractivity contribution in [3.05, 3.63) is 121 Å². The number of hydrogen-bond acceptors (Lipinski definition) is 4. The Morgan fingerprint density at radius 3 is 1.27 bits per heavy atom. The number of benzene rings is 4. The molecule has 8 heteroatoms. The van der Waals surface area contributed by atoms with Crippen LogP contribution in [-0.2, 0) is 16.8 Å². The van der Waals surface area contributed by atoms with Gasteiger partial charge in [-0.15, -0.1) is 0 Å². The molecule has 0 spiro atoms. The fourth-order valence-corrected chi connectivity index (χ4v) is 21.1. The van der Waals surface area contributed by atoms with Gasteiger partial charge in [0, 0.05) is 7.11 Å². The molecule has 0 amide bonds. The normalized spacial score (nSPS) is 17.2. The fraction of sp³-hybridized carbons (Fsp3) is 0.172. The first-order valence-corrected chi connectivity index (χ1v) is 21.8. The second-order valence-corrected chi connectivity index (χ2v) is 21.9. The molecule has 4 atom stereocenters. The van der Waals surface area contributed by atoms with Crippen molar-refractivity contribution in [3.63, 3.8) is 0 Å². The van der Waals surface area contributed by atoms with E-state index in [4.69, 9.17) is 16.8 Å². The molecule has 0 heterocycles. The van der Waals surface area contributed by atoms with Crippen molar-refractivity contribution >= 4 is 55.5 Å². The number of hydrogen-bond donors (Lipinski definition) is 0. The third-order valence-corrected chi connectivity index (χ3v) is 22.4. The largest absolute Gasteiger partial charge is 0.432 e. The van der Waals surface area contributed by atoms with Gasteiger partial charge in [0.25, 0.3) is 0 Å². The highest BCUT2D eigenvalue weighted by atomic mass is 28.5. The summed E-state index contributed by atoms with van der Waals surface area (Å²) in [4.78, 5) is 0. The Labute approximate surface area is 226 Å². The second kappa shape index (κ2) is 12.0. The molecule has 192 valence electrons. The van der Waals surface area contributed by atoms with E-state index in [1.807, 2.05) is 48.5 Å². The number of rotatable bonds is 11. The van der Waals surface area contributed by atoms with Gasteiger partial charge in [-0.3, -0.25) is 0 Å². The van der Waals surface area contributed by atoms with E-state index >= 15 is 0 Å². The predicted octanol–water partition coefficient (Wildman–Crippen LogP) is 3.88. The van der Waals surface area contributed by atoms with Crippen LogP contribution in [0.5, 0.6) is 0 Å². The first-order chi connectivity index (χ1) is 17.8. The van der Waals surface area contributed by atoms with Crippen LogP contribution in [0.25, 0.3) is 0 Å². The highest BCUT2D eigenvalue weighted by Crippen LogP contribution is 2.23. The van der Waals surface area contributed by atoms with Crippen LogP contribution >= 0.6 is 0 Å². The SMILES string of the molecule is CO[Si](C)(O[Si](C)(O[Si](C)(O[SiH](C)c1ccccc1)c1ccccc1)c1ccccc1)c1ccccc1. The lowest BCUT2D eigenvalue weighted by Gasteiger charge is -2.42. The van der Waals surface area contributed by atoms with Crippen LogP contribution in [0, 0.1) is 0 Å². The Balaban J connectivity index is 1.78. The van der Waals surface area contributed by atoms with E-state index in [1.54, 1.807) is 7.11 Å². The maximum Gasteiger partial charge on any atom is 0.360 e. The lowest BCUT2D eigenvalue weighted by molar-refractivity contribution is 0.279. The molecule has 0 aliphatic heterocycles. The molecule has 4 unspecified atom stereocenters. The molecule has 0 N–H and O–H groups in total. The third kappa shape index (κ3) is 6.54. The summed E-state index contributed by atoms with van der Waals surface area (Å²) in [6.07, 6.45) is 0. The van der Waals surface area contributed by atoms with Gasteiger partial charge < -0.3 is 16.8 Å². The van der Waals surface area contributed by atoms with Crippen LogP contribution in [0.4, 0.5) is 0 Å². The van der Waals surface area contributed by atoms with Crippen LogP contribution in [0.1, 0.15) is 0 Å². The van der Waals surface area contributed by atoms with E-state index in [0.29, 0.717) is 0 Å². The molecule has 0 saturated heterocycles. The summed E-state index contributed by atoms with van der Waals surface area (Å²) < 4.78 is 27.7. The van der Waals surface area contributed by atoms with Crippen molar-refractivity contribution in [1.82, 2.24) is 0 Å². The molecule has 4 aromatic rings. The van der Waals surface area contributed by atoms with Crippen LogP contribution in [0.3, 0.4) is 0 Å². The van der Waals surface area contributed by atoms with E-state index in [2.05, 4.69) is 99.0 Å². The molecule has 0 bridgehead atoms. The Bertz CT molecular complexity index is 1250. The van der Waals surface area contributed by atoms with Crippen molar-refractivity contribution in [2.24, 2.45) is 0 Å². The van der Waals surface area contributed by atoms with Gasteiger partial charge in [0.1, 0.15) is 0 Å². The van der Waals surface area contributed by atoms with Crippen LogP contribution in [0.15, 0.2) is 121 Å². The van der Waals surface area contributed by atoms with Gasteiger partial charge in [0.2, 0.25) is 0 Å². The van der Waals surface area contributed by atoms with Crippen molar-refractivity contribution in [2.45, 2.75) is 26.2 Å². The van der Waals surface area contributed by atoms with Crippen LogP contribution < -0.4 is 20.7 Å². The Morgan fingerprint density at radius 1 is 0.486 bits per heavy atom. The molecule has 0 aliphatic rings. The maximum absolute atomic E-state index is 7.33. The Kier molecular flexibility index (Phi) is 8.93. The zero-order chi connectivity index (χ0) is 26.4. The summed E-state index contributed by atoms with van der Waals surface area (Å²) in [5, 5.41) is 4.50. The molecular weight excluding hydrogens is 525 g/mol. The maximum atomic E-state index is 7.33. The summed E-state index contributed by atoms with van der Waals surface area (Å²) >= 11 is 0. The molecule has 0 saturated carbocycles. The average Bonchev–Trinajstić information content (AvgIpc) is 2.94. The summed E-state index contributed by atoms with van der Waals surface area (Å²) in [5.41, 5.74) is 0. The van der Waals surface area contributed by atoms with Gasteiger partial charge in [-0.2, -0.15) is 0 Å². The predicted molar refractivity (Wildman–Crippen MR) is 162 cm³/mol. The van der Waals surface area contributed by atoms with Gasteiger partial charge in [0.15, 0.2) is 9.04 Å². The van der Waals surface area contributed by atoms with Crippen molar-refractivity contribution in [2.75, 3.05) is 7.11 Å². The van der Waals surface area contributed by atoms with Gasteiger partial charge in [0.05, 0.1) is 0 Å². The summed E-state index contributed by atoms with van der Waals surface area (Å²) in [5.74, 6) is 0. The Morgan fingerprint density at radius 2 is 0.838 bits per heavy atom. The monoisotopic (exact) mass is 560 g/mol. The van der Waals surface area contributed by atoms with E-state index in [1.165, 1.54) is 5.19 Å². The zero-order valence-electron chi connectivity index (χ0n) is 22.3. The minimum absolute atomic E-state index is 1.06. The van der Waals surface area contributed by atoms with Crippen molar-refractivity contribution < 1.29 is 16.8 Å². The zero-order valence-corrected chi connectivity index (χ0v) is 26.4. The molecule has 4 nitrogen and oxygen atoms in total. The molecule has 0 aromatic heterocycles. The highest BCUT2D eigenvalue weighted by molar-refractivity contribution is 6.99. The fourth-order valence-electron chi connectivity index (χ4n) is 4.60. The minimum atomic E-state index is -3.06. The van der Waals surface area contributed by atoms with Gasteiger partial charge >= 0.3 is 25.7 Å². The molecule has 37 heavy (non-hydrogen) atoms. The smallest absolute Gasteiger partial charge is 0.360 e. The first kappa shape index (κ1) is 27.6. The molecule has 0 fully saturated rings. The van der Waals surface area contributed by atoms with Gasteiger partial charge in [-0.1, -0.05) is 121 Å². The van der Waals surface area contributed by atoms with E-state index in [0.717, 1.165) is 15.6 Å². The van der Waals surface area contributed by atoms with Crippen LogP contribution in [0.2, 0.25) is 26.2 Å². The summed E-state index contributed by atoms with van der Waals surface area (Å²) in [6.45, 7) is 8.64. The van der Waals surface area contributed by atoms with Crippen LogP contribution in [-0.4, -0.2) is 41.8 Å². The second-order valence-electron chi connectivity index (χ2n) is 9.51. The van der Waals surface area contributed by atoms with Gasteiger partial charge in [-0.05, 0) is 46.9 Å². The van der Waals surface area contributed by atoms with E-state index < -0.39 is 34.7 Å². The van der Waals surface area contributed by atoms with Crippen molar-refractivity contribution in [3.8, 4) is 0 Å². The molecular formula is C29H36O4Si4. The quantitative estimate of drug-likeness (QED) is 0.261. The minimum Gasteiger partial charge on any atom is -0.432 e. The average molecular weight is 561 g/mol. The molecule has 4 aromatic carbocycles. The first-order valence-electron chi connectivity index (χ1n) is 12.6. The lowest BCUT2D eigenvalue weighted by Crippen LogP contribution is -2.69. The summed E-state index contributed by atoms with van der Waals surface area (Å²) in [6, 6.07) is 41.5. The standard InChI is InChI=1S/C29H36O4Si4/c1-30-35(3,27-20-12-7-13-21-27)32-37(5,29-24-16-9-17-25-29)33-36(4,28-22-14-8-15-23-28)31-34(2)26-18-10-6-11-19-26/h6-25,34H,1-5H3. The topological polar surface area (TPSA) is 36.9 Å². The Hall–Kier alpha value is -2.41.